The van der Waals surface area contributed by atoms with E-state index < -0.39 is 11.0 Å². The third-order valence-corrected chi connectivity index (χ3v) is 4.62. The Morgan fingerprint density at radius 2 is 2.20 bits per heavy atom. The number of aryl methyl sites for hydroxylation is 1. The van der Waals surface area contributed by atoms with Crippen LogP contribution in [0.5, 0.6) is 0 Å². The number of aromatic nitrogens is 1. The highest BCUT2D eigenvalue weighted by Gasteiger charge is 2.63. The molecule has 1 heterocycles. The second-order valence-corrected chi connectivity index (χ2v) is 6.02. The molecule has 1 aliphatic carbocycles. The molecule has 20 heavy (non-hydrogen) atoms. The van der Waals surface area contributed by atoms with Gasteiger partial charge < -0.3 is 15.0 Å². The highest BCUT2D eigenvalue weighted by atomic mass is 16.5. The van der Waals surface area contributed by atoms with E-state index in [9.17, 15) is 4.79 Å². The van der Waals surface area contributed by atoms with Gasteiger partial charge in [0, 0.05) is 24.0 Å². The molecule has 0 saturated heterocycles. The Labute approximate surface area is 119 Å². The van der Waals surface area contributed by atoms with Crippen molar-refractivity contribution in [1.82, 2.24) is 5.16 Å². The van der Waals surface area contributed by atoms with Gasteiger partial charge in [-0.25, -0.2) is 0 Å². The first kappa shape index (κ1) is 15.0. The Morgan fingerprint density at radius 3 is 2.65 bits per heavy atom. The van der Waals surface area contributed by atoms with Crippen LogP contribution in [0.3, 0.4) is 0 Å². The first-order valence-electron chi connectivity index (χ1n) is 6.89. The van der Waals surface area contributed by atoms with Crippen molar-refractivity contribution in [3.63, 3.8) is 0 Å². The molecule has 1 saturated carbocycles. The minimum atomic E-state index is -0.958. The SMILES string of the molecule is CCOC1CC(N)(C(=O)Nc2onc(C)c2C)C1(C)C. The molecule has 2 atom stereocenters. The van der Waals surface area contributed by atoms with Gasteiger partial charge in [-0.3, -0.25) is 10.1 Å². The van der Waals surface area contributed by atoms with Crippen LogP contribution < -0.4 is 11.1 Å². The van der Waals surface area contributed by atoms with Crippen molar-refractivity contribution in [3.8, 4) is 0 Å². The third kappa shape index (κ3) is 2.03. The van der Waals surface area contributed by atoms with E-state index in [0.29, 0.717) is 18.9 Å². The number of amides is 1. The number of hydrogen-bond acceptors (Lipinski definition) is 5. The summed E-state index contributed by atoms with van der Waals surface area (Å²) in [5, 5.41) is 6.56. The summed E-state index contributed by atoms with van der Waals surface area (Å²) in [6.07, 6.45) is 0.507. The molecule has 2 unspecified atom stereocenters. The molecule has 2 rings (SSSR count). The zero-order valence-corrected chi connectivity index (χ0v) is 12.7. The van der Waals surface area contributed by atoms with Gasteiger partial charge in [0.2, 0.25) is 11.8 Å². The molecule has 112 valence electrons. The summed E-state index contributed by atoms with van der Waals surface area (Å²) >= 11 is 0. The van der Waals surface area contributed by atoms with Crippen molar-refractivity contribution >= 4 is 11.8 Å². The quantitative estimate of drug-likeness (QED) is 0.877. The number of nitrogens with two attached hydrogens (primary N) is 1. The second-order valence-electron chi connectivity index (χ2n) is 6.02. The number of hydrogen-bond donors (Lipinski definition) is 2. The summed E-state index contributed by atoms with van der Waals surface area (Å²) in [5.41, 5.74) is 6.49. The van der Waals surface area contributed by atoms with Crippen molar-refractivity contribution in [1.29, 1.82) is 0 Å². The van der Waals surface area contributed by atoms with Crippen LogP contribution in [0.15, 0.2) is 4.52 Å². The minimum Gasteiger partial charge on any atom is -0.378 e. The van der Waals surface area contributed by atoms with Crippen LogP contribution in [-0.2, 0) is 9.53 Å². The average Bonchev–Trinajstić information content (AvgIpc) is 2.70. The second kappa shape index (κ2) is 4.86. The maximum absolute atomic E-state index is 12.5. The van der Waals surface area contributed by atoms with Gasteiger partial charge in [0.05, 0.1) is 11.8 Å². The van der Waals surface area contributed by atoms with E-state index in [1.165, 1.54) is 0 Å². The molecule has 0 aliphatic heterocycles. The van der Waals surface area contributed by atoms with Crippen molar-refractivity contribution in [3.05, 3.63) is 11.3 Å². The number of anilines is 1. The van der Waals surface area contributed by atoms with E-state index in [1.54, 1.807) is 0 Å². The molecule has 1 fully saturated rings. The fraction of sp³-hybridized carbons (Fsp3) is 0.714. The van der Waals surface area contributed by atoms with Crippen molar-refractivity contribution < 1.29 is 14.1 Å². The molecule has 6 heteroatoms. The summed E-state index contributed by atoms with van der Waals surface area (Å²) in [7, 11) is 0. The first-order chi connectivity index (χ1) is 9.24. The molecule has 3 N–H and O–H groups in total. The van der Waals surface area contributed by atoms with E-state index in [4.69, 9.17) is 15.0 Å². The molecule has 6 nitrogen and oxygen atoms in total. The normalized spacial score (nSPS) is 28.0. The van der Waals surface area contributed by atoms with E-state index in [0.717, 1.165) is 11.3 Å². The number of carbonyl (C=O) groups excluding carboxylic acids is 1. The van der Waals surface area contributed by atoms with E-state index >= 15 is 0 Å². The van der Waals surface area contributed by atoms with Crippen molar-refractivity contribution in [2.75, 3.05) is 11.9 Å². The molecule has 1 aromatic rings. The number of carbonyl (C=O) groups is 1. The van der Waals surface area contributed by atoms with Gasteiger partial charge in [-0.2, -0.15) is 0 Å². The number of ether oxygens (including phenoxy) is 1. The summed E-state index contributed by atoms with van der Waals surface area (Å²) in [6.45, 7) is 10.1. The maximum Gasteiger partial charge on any atom is 0.247 e. The lowest BCUT2D eigenvalue weighted by Crippen LogP contribution is -2.74. The van der Waals surface area contributed by atoms with Crippen molar-refractivity contribution in [2.45, 2.75) is 52.7 Å². The fourth-order valence-corrected chi connectivity index (χ4v) is 2.57. The smallest absolute Gasteiger partial charge is 0.247 e. The zero-order valence-electron chi connectivity index (χ0n) is 12.7. The van der Waals surface area contributed by atoms with Crippen LogP contribution in [0.2, 0.25) is 0 Å². The Bertz CT molecular complexity index is 524. The topological polar surface area (TPSA) is 90.4 Å². The summed E-state index contributed by atoms with van der Waals surface area (Å²) in [4.78, 5) is 12.5. The van der Waals surface area contributed by atoms with Gasteiger partial charge in [0.25, 0.3) is 0 Å². The third-order valence-electron chi connectivity index (χ3n) is 4.62. The molecular formula is C14H23N3O3. The van der Waals surface area contributed by atoms with Gasteiger partial charge in [-0.05, 0) is 20.8 Å². The largest absolute Gasteiger partial charge is 0.378 e. The predicted molar refractivity (Wildman–Crippen MR) is 75.3 cm³/mol. The van der Waals surface area contributed by atoms with Gasteiger partial charge in [0.1, 0.15) is 5.54 Å². The van der Waals surface area contributed by atoms with Crippen LogP contribution >= 0.6 is 0 Å². The van der Waals surface area contributed by atoms with Crippen LogP contribution in [0.4, 0.5) is 5.88 Å². The maximum atomic E-state index is 12.5. The summed E-state index contributed by atoms with van der Waals surface area (Å²) in [5.74, 6) is 0.116. The lowest BCUT2D eigenvalue weighted by molar-refractivity contribution is -0.166. The highest BCUT2D eigenvalue weighted by molar-refractivity contribution is 5.99. The summed E-state index contributed by atoms with van der Waals surface area (Å²) < 4.78 is 10.7. The van der Waals surface area contributed by atoms with Crippen LogP contribution in [0.1, 0.15) is 38.4 Å². The highest BCUT2D eigenvalue weighted by Crippen LogP contribution is 2.50. The molecule has 0 aromatic carbocycles. The lowest BCUT2D eigenvalue weighted by Gasteiger charge is -2.57. The molecule has 1 amide bonds. The lowest BCUT2D eigenvalue weighted by atomic mass is 9.54. The zero-order chi connectivity index (χ0) is 15.1. The molecule has 1 aliphatic rings. The Kier molecular flexibility index (Phi) is 3.64. The molecule has 0 bridgehead atoms. The van der Waals surface area contributed by atoms with E-state index in [2.05, 4.69) is 10.5 Å². The molecule has 0 radical (unpaired) electrons. The Hall–Kier alpha value is -1.40. The molecule has 1 aromatic heterocycles. The minimum absolute atomic E-state index is 0.000749. The first-order valence-corrected chi connectivity index (χ1v) is 6.89. The van der Waals surface area contributed by atoms with Crippen molar-refractivity contribution in [2.24, 2.45) is 11.1 Å². The van der Waals surface area contributed by atoms with E-state index in [-0.39, 0.29) is 12.0 Å². The van der Waals surface area contributed by atoms with Gasteiger partial charge in [-0.1, -0.05) is 19.0 Å². The van der Waals surface area contributed by atoms with Crippen LogP contribution in [0, 0.1) is 19.3 Å². The van der Waals surface area contributed by atoms with Gasteiger partial charge in [0.15, 0.2) is 0 Å². The molecular weight excluding hydrogens is 258 g/mol. The van der Waals surface area contributed by atoms with Gasteiger partial charge in [-0.15, -0.1) is 0 Å². The number of rotatable bonds is 4. The summed E-state index contributed by atoms with van der Waals surface area (Å²) in [6, 6.07) is 0. The number of nitrogens with zero attached hydrogens (tertiary/aromatic N) is 1. The van der Waals surface area contributed by atoms with Gasteiger partial charge >= 0.3 is 0 Å². The van der Waals surface area contributed by atoms with Crippen LogP contribution in [-0.4, -0.2) is 29.3 Å². The predicted octanol–water partition coefficient (Wildman–Crippen LogP) is 1.76. The average molecular weight is 281 g/mol. The molecule has 0 spiro atoms. The van der Waals surface area contributed by atoms with Crippen LogP contribution in [0.25, 0.3) is 0 Å². The van der Waals surface area contributed by atoms with E-state index in [1.807, 2.05) is 34.6 Å². The monoisotopic (exact) mass is 281 g/mol. The fourth-order valence-electron chi connectivity index (χ4n) is 2.57. The Balaban J connectivity index is 2.12. The Morgan fingerprint density at radius 1 is 1.55 bits per heavy atom. The standard InChI is InChI=1S/C14H23N3O3/c1-6-19-10-7-14(15,13(10,4)5)12(18)16-11-8(2)9(3)17-20-11/h10H,6-7,15H2,1-5H3,(H,16,18). The number of nitrogens with one attached hydrogen (secondary N) is 1.